The minimum absolute atomic E-state index is 0. The van der Waals surface area contributed by atoms with Crippen LogP contribution in [0.15, 0.2) is 54.6 Å². The molecule has 0 spiro atoms. The van der Waals surface area contributed by atoms with Crippen molar-refractivity contribution in [1.29, 1.82) is 0 Å². The van der Waals surface area contributed by atoms with Gasteiger partial charge in [-0.1, -0.05) is 62.4 Å². The fourth-order valence-corrected chi connectivity index (χ4v) is 3.49. The van der Waals surface area contributed by atoms with E-state index in [-0.39, 0.29) is 24.8 Å². The van der Waals surface area contributed by atoms with E-state index in [4.69, 9.17) is 0 Å². The van der Waals surface area contributed by atoms with E-state index in [1.165, 1.54) is 23.1 Å². The van der Waals surface area contributed by atoms with Crippen LogP contribution in [0.1, 0.15) is 31.9 Å². The van der Waals surface area contributed by atoms with Gasteiger partial charge in [0.15, 0.2) is 0 Å². The summed E-state index contributed by atoms with van der Waals surface area (Å²) in [5.74, 6) is 0.704. The van der Waals surface area contributed by atoms with E-state index >= 15 is 0 Å². The van der Waals surface area contributed by atoms with E-state index in [2.05, 4.69) is 78.7 Å². The standard InChI is InChI=1S/C21H28N2.2ClH/c1-17(2)15-21(23-13-11-22-12-14-23)20-10-6-9-19(16-20)18-7-4-3-5-8-18;;/h3-10,16-17,21-22H,11-15H2,1-2H3;2*1H/t21-;;/m1../s1. The lowest BCUT2D eigenvalue weighted by Crippen LogP contribution is -2.45. The summed E-state index contributed by atoms with van der Waals surface area (Å²) in [6.07, 6.45) is 1.22. The number of hydrogen-bond donors (Lipinski definition) is 1. The zero-order valence-corrected chi connectivity index (χ0v) is 16.8. The summed E-state index contributed by atoms with van der Waals surface area (Å²) in [6, 6.07) is 20.4. The van der Waals surface area contributed by atoms with Crippen LogP contribution < -0.4 is 5.32 Å². The molecule has 1 N–H and O–H groups in total. The minimum atomic E-state index is 0. The molecule has 2 aromatic carbocycles. The van der Waals surface area contributed by atoms with E-state index in [9.17, 15) is 0 Å². The number of piperazine rings is 1. The van der Waals surface area contributed by atoms with Crippen molar-refractivity contribution >= 4 is 24.8 Å². The highest BCUT2D eigenvalue weighted by Crippen LogP contribution is 2.31. The number of halogens is 2. The van der Waals surface area contributed by atoms with Gasteiger partial charge in [-0.05, 0) is 35.1 Å². The van der Waals surface area contributed by atoms with Gasteiger partial charge in [0.2, 0.25) is 0 Å². The molecule has 4 heteroatoms. The second-order valence-corrected chi connectivity index (χ2v) is 6.92. The number of nitrogens with one attached hydrogen (secondary N) is 1. The number of hydrogen-bond acceptors (Lipinski definition) is 2. The lowest BCUT2D eigenvalue weighted by Gasteiger charge is -2.36. The van der Waals surface area contributed by atoms with Gasteiger partial charge in [0.05, 0.1) is 0 Å². The molecule has 0 unspecified atom stereocenters. The van der Waals surface area contributed by atoms with Gasteiger partial charge in [-0.15, -0.1) is 24.8 Å². The highest BCUT2D eigenvalue weighted by Gasteiger charge is 2.23. The van der Waals surface area contributed by atoms with E-state index in [1.54, 1.807) is 0 Å². The quantitative estimate of drug-likeness (QED) is 0.767. The molecular weight excluding hydrogens is 351 g/mol. The van der Waals surface area contributed by atoms with Crippen LogP contribution in [0.4, 0.5) is 0 Å². The first-order valence-corrected chi connectivity index (χ1v) is 8.84. The van der Waals surface area contributed by atoms with Crippen molar-refractivity contribution < 1.29 is 0 Å². The zero-order valence-electron chi connectivity index (χ0n) is 15.2. The molecule has 1 fully saturated rings. The van der Waals surface area contributed by atoms with Crippen LogP contribution in [0, 0.1) is 5.92 Å². The molecule has 2 aromatic rings. The molecule has 0 amide bonds. The fourth-order valence-electron chi connectivity index (χ4n) is 3.49. The van der Waals surface area contributed by atoms with Crippen LogP contribution in [0.25, 0.3) is 11.1 Å². The van der Waals surface area contributed by atoms with Crippen LogP contribution in [-0.4, -0.2) is 31.1 Å². The van der Waals surface area contributed by atoms with Gasteiger partial charge in [0, 0.05) is 32.2 Å². The van der Waals surface area contributed by atoms with Gasteiger partial charge in [-0.2, -0.15) is 0 Å². The maximum Gasteiger partial charge on any atom is 0.0351 e. The van der Waals surface area contributed by atoms with Gasteiger partial charge < -0.3 is 5.32 Å². The van der Waals surface area contributed by atoms with Crippen LogP contribution in [0.3, 0.4) is 0 Å². The Balaban J connectivity index is 0.00000156. The third-order valence-electron chi connectivity index (χ3n) is 4.67. The van der Waals surface area contributed by atoms with Crippen molar-refractivity contribution in [3.05, 3.63) is 60.2 Å². The van der Waals surface area contributed by atoms with Gasteiger partial charge in [0.25, 0.3) is 0 Å². The molecule has 1 heterocycles. The first-order valence-electron chi connectivity index (χ1n) is 8.84. The molecule has 3 rings (SSSR count). The summed E-state index contributed by atoms with van der Waals surface area (Å²) in [5.41, 5.74) is 4.09. The molecule has 25 heavy (non-hydrogen) atoms. The Kier molecular flexibility index (Phi) is 9.52. The largest absolute Gasteiger partial charge is 0.314 e. The second kappa shape index (κ2) is 10.8. The Hall–Kier alpha value is -1.06. The Morgan fingerprint density at radius 3 is 2.16 bits per heavy atom. The molecular formula is C21H30Cl2N2. The van der Waals surface area contributed by atoms with Crippen LogP contribution in [0.5, 0.6) is 0 Å². The summed E-state index contributed by atoms with van der Waals surface area (Å²) in [4.78, 5) is 2.65. The van der Waals surface area contributed by atoms with Crippen molar-refractivity contribution in [2.24, 2.45) is 5.92 Å². The van der Waals surface area contributed by atoms with E-state index in [1.807, 2.05) is 0 Å². The van der Waals surface area contributed by atoms with Gasteiger partial charge >= 0.3 is 0 Å². The summed E-state index contributed by atoms with van der Waals surface area (Å²) < 4.78 is 0. The molecule has 0 aromatic heterocycles. The topological polar surface area (TPSA) is 15.3 Å². The average Bonchev–Trinajstić information content (AvgIpc) is 2.61. The van der Waals surface area contributed by atoms with Crippen molar-refractivity contribution in [2.75, 3.05) is 26.2 Å². The molecule has 0 radical (unpaired) electrons. The molecule has 2 nitrogen and oxygen atoms in total. The maximum atomic E-state index is 3.47. The van der Waals surface area contributed by atoms with Gasteiger partial charge in [-0.3, -0.25) is 4.90 Å². The normalized spacial score (nSPS) is 16.0. The predicted molar refractivity (Wildman–Crippen MR) is 113 cm³/mol. The molecule has 138 valence electrons. The molecule has 0 saturated carbocycles. The molecule has 0 bridgehead atoms. The molecule has 1 aliphatic heterocycles. The van der Waals surface area contributed by atoms with Crippen molar-refractivity contribution in [3.8, 4) is 11.1 Å². The lowest BCUT2D eigenvalue weighted by molar-refractivity contribution is 0.154. The highest BCUT2D eigenvalue weighted by atomic mass is 35.5. The monoisotopic (exact) mass is 380 g/mol. The number of rotatable bonds is 5. The maximum absolute atomic E-state index is 3.47. The minimum Gasteiger partial charge on any atom is -0.314 e. The van der Waals surface area contributed by atoms with Crippen LogP contribution in [0.2, 0.25) is 0 Å². The van der Waals surface area contributed by atoms with Crippen LogP contribution in [-0.2, 0) is 0 Å². The first kappa shape index (κ1) is 22.0. The Labute approximate surface area is 164 Å². The smallest absolute Gasteiger partial charge is 0.0351 e. The van der Waals surface area contributed by atoms with Gasteiger partial charge in [0.1, 0.15) is 0 Å². The van der Waals surface area contributed by atoms with Gasteiger partial charge in [-0.25, -0.2) is 0 Å². The predicted octanol–water partition coefficient (Wildman–Crippen LogP) is 5.19. The van der Waals surface area contributed by atoms with Crippen molar-refractivity contribution in [2.45, 2.75) is 26.3 Å². The summed E-state index contributed by atoms with van der Waals surface area (Å²) in [7, 11) is 0. The SMILES string of the molecule is CC(C)C[C@H](c1cccc(-c2ccccc2)c1)N1CCNCC1.Cl.Cl. The third kappa shape index (κ3) is 6.00. The Bertz CT molecular complexity index is 610. The summed E-state index contributed by atoms with van der Waals surface area (Å²) in [5, 5.41) is 3.47. The average molecular weight is 381 g/mol. The third-order valence-corrected chi connectivity index (χ3v) is 4.67. The lowest BCUT2D eigenvalue weighted by atomic mass is 9.92. The zero-order chi connectivity index (χ0) is 16.1. The summed E-state index contributed by atoms with van der Waals surface area (Å²) in [6.45, 7) is 9.16. The molecule has 1 aliphatic rings. The first-order chi connectivity index (χ1) is 11.2. The van der Waals surface area contributed by atoms with E-state index in [0.29, 0.717) is 12.0 Å². The van der Waals surface area contributed by atoms with Crippen molar-refractivity contribution in [3.63, 3.8) is 0 Å². The van der Waals surface area contributed by atoms with Crippen molar-refractivity contribution in [1.82, 2.24) is 10.2 Å². The summed E-state index contributed by atoms with van der Waals surface area (Å²) >= 11 is 0. The number of benzene rings is 2. The highest BCUT2D eigenvalue weighted by molar-refractivity contribution is 5.85. The van der Waals surface area contributed by atoms with E-state index < -0.39 is 0 Å². The molecule has 1 atom stereocenters. The second-order valence-electron chi connectivity index (χ2n) is 6.92. The Morgan fingerprint density at radius 2 is 1.52 bits per heavy atom. The van der Waals surface area contributed by atoms with Crippen LogP contribution >= 0.6 is 24.8 Å². The number of nitrogens with zero attached hydrogens (tertiary/aromatic N) is 1. The fraction of sp³-hybridized carbons (Fsp3) is 0.429. The molecule has 0 aliphatic carbocycles. The molecule has 1 saturated heterocycles. The Morgan fingerprint density at radius 1 is 0.880 bits per heavy atom. The van der Waals surface area contributed by atoms with E-state index in [0.717, 1.165) is 26.2 Å².